The van der Waals surface area contributed by atoms with E-state index in [1.807, 2.05) is 50.7 Å². The minimum Gasteiger partial charge on any atom is -0.389 e. The first-order chi connectivity index (χ1) is 6.27. The fourth-order valence-corrected chi connectivity index (χ4v) is 1.12. The van der Waals surface area contributed by atoms with E-state index in [-0.39, 0.29) is 0 Å². The number of oxazole rings is 1. The SMILES string of the molecule is CC.Cc1nc2ccc[n+](C)c2o1. The average molecular weight is 179 g/mol. The highest BCUT2D eigenvalue weighted by Gasteiger charge is 2.09. The quantitative estimate of drug-likeness (QED) is 0.579. The number of hydrogen-bond acceptors (Lipinski definition) is 2. The summed E-state index contributed by atoms with van der Waals surface area (Å²) in [6, 6.07) is 3.89. The number of fused-ring (bicyclic) bond motifs is 1. The summed E-state index contributed by atoms with van der Waals surface area (Å²) in [5.41, 5.74) is 1.73. The third-order valence-electron chi connectivity index (χ3n) is 1.63. The number of rotatable bonds is 0. The van der Waals surface area contributed by atoms with Crippen molar-refractivity contribution in [3.63, 3.8) is 0 Å². The molecule has 0 spiro atoms. The number of nitrogens with zero attached hydrogens (tertiary/aromatic N) is 2. The van der Waals surface area contributed by atoms with Gasteiger partial charge in [-0.25, -0.2) is 4.98 Å². The molecule has 3 heteroatoms. The highest BCUT2D eigenvalue weighted by molar-refractivity contribution is 5.63. The Balaban J connectivity index is 0.000000396. The molecule has 13 heavy (non-hydrogen) atoms. The molecule has 2 rings (SSSR count). The van der Waals surface area contributed by atoms with Gasteiger partial charge in [-0.3, -0.25) is 0 Å². The lowest BCUT2D eigenvalue weighted by atomic mass is 10.4. The van der Waals surface area contributed by atoms with E-state index in [1.165, 1.54) is 0 Å². The molecule has 0 saturated heterocycles. The van der Waals surface area contributed by atoms with Crippen LogP contribution in [-0.2, 0) is 7.05 Å². The van der Waals surface area contributed by atoms with Crippen molar-refractivity contribution in [1.29, 1.82) is 0 Å². The first kappa shape index (κ1) is 9.71. The van der Waals surface area contributed by atoms with Crippen LogP contribution in [0.15, 0.2) is 22.7 Å². The maximum absolute atomic E-state index is 5.35. The summed E-state index contributed by atoms with van der Waals surface area (Å²) in [6.45, 7) is 5.85. The van der Waals surface area contributed by atoms with E-state index in [0.717, 1.165) is 11.2 Å². The minimum absolute atomic E-state index is 0.710. The van der Waals surface area contributed by atoms with Crippen LogP contribution in [0.4, 0.5) is 0 Å². The Morgan fingerprint density at radius 3 is 2.69 bits per heavy atom. The van der Waals surface area contributed by atoms with E-state index >= 15 is 0 Å². The maximum atomic E-state index is 5.35. The van der Waals surface area contributed by atoms with Gasteiger partial charge in [0.1, 0.15) is 7.05 Å². The van der Waals surface area contributed by atoms with Crippen molar-refractivity contribution in [2.45, 2.75) is 20.8 Å². The fourth-order valence-electron chi connectivity index (χ4n) is 1.12. The topological polar surface area (TPSA) is 29.9 Å². The van der Waals surface area contributed by atoms with Crippen LogP contribution in [0.2, 0.25) is 0 Å². The monoisotopic (exact) mass is 179 g/mol. The Morgan fingerprint density at radius 1 is 1.38 bits per heavy atom. The molecule has 0 aliphatic carbocycles. The van der Waals surface area contributed by atoms with Crippen molar-refractivity contribution >= 4 is 11.2 Å². The summed E-state index contributed by atoms with van der Waals surface area (Å²) in [5.74, 6) is 0.710. The van der Waals surface area contributed by atoms with Gasteiger partial charge < -0.3 is 4.42 Å². The van der Waals surface area contributed by atoms with Gasteiger partial charge in [-0.1, -0.05) is 13.8 Å². The Morgan fingerprint density at radius 2 is 2.08 bits per heavy atom. The molecule has 0 atom stereocenters. The van der Waals surface area contributed by atoms with Crippen LogP contribution in [0.1, 0.15) is 19.7 Å². The van der Waals surface area contributed by atoms with Crippen molar-refractivity contribution < 1.29 is 8.98 Å². The van der Waals surface area contributed by atoms with Crippen LogP contribution in [0.25, 0.3) is 11.2 Å². The predicted octanol–water partition coefficient (Wildman–Crippen LogP) is 1.99. The molecule has 2 aromatic heterocycles. The summed E-state index contributed by atoms with van der Waals surface area (Å²) in [5, 5.41) is 0. The molecule has 2 aromatic rings. The van der Waals surface area contributed by atoms with Gasteiger partial charge in [0.05, 0.1) is 0 Å². The Kier molecular flexibility index (Phi) is 3.01. The van der Waals surface area contributed by atoms with E-state index < -0.39 is 0 Å². The standard InChI is InChI=1S/C8H9N2O.C2H6/c1-6-9-7-4-3-5-10(2)8(7)11-6;1-2/h3-5H,1-2H3;1-2H3/q+1;. The van der Waals surface area contributed by atoms with E-state index in [0.29, 0.717) is 5.89 Å². The lowest BCUT2D eigenvalue weighted by molar-refractivity contribution is -0.651. The second-order valence-electron chi connectivity index (χ2n) is 2.54. The molecule has 2 heterocycles. The van der Waals surface area contributed by atoms with Gasteiger partial charge in [-0.15, -0.1) is 0 Å². The molecule has 0 saturated carbocycles. The Labute approximate surface area is 78.0 Å². The molecule has 0 N–H and O–H groups in total. The van der Waals surface area contributed by atoms with Gasteiger partial charge in [0.15, 0.2) is 17.6 Å². The Bertz CT molecular complexity index is 393. The van der Waals surface area contributed by atoms with Crippen molar-refractivity contribution in [1.82, 2.24) is 4.98 Å². The van der Waals surface area contributed by atoms with Gasteiger partial charge in [-0.05, 0) is 6.07 Å². The van der Waals surface area contributed by atoms with Crippen molar-refractivity contribution in [2.75, 3.05) is 0 Å². The smallest absolute Gasteiger partial charge is 0.389 e. The van der Waals surface area contributed by atoms with Crippen LogP contribution < -0.4 is 4.57 Å². The third kappa shape index (κ3) is 1.86. The lowest BCUT2D eigenvalue weighted by Gasteiger charge is -1.83. The van der Waals surface area contributed by atoms with Gasteiger partial charge in [0.2, 0.25) is 0 Å². The molecule has 0 radical (unpaired) electrons. The number of aryl methyl sites for hydroxylation is 2. The molecule has 0 unspecified atom stereocenters. The molecular weight excluding hydrogens is 164 g/mol. The zero-order valence-corrected chi connectivity index (χ0v) is 8.53. The molecule has 0 amide bonds. The summed E-state index contributed by atoms with van der Waals surface area (Å²) in [7, 11) is 1.94. The summed E-state index contributed by atoms with van der Waals surface area (Å²) in [6.07, 6.45) is 1.94. The van der Waals surface area contributed by atoms with Crippen LogP contribution >= 0.6 is 0 Å². The molecule has 0 aliphatic rings. The zero-order valence-electron chi connectivity index (χ0n) is 8.53. The predicted molar refractivity (Wildman–Crippen MR) is 51.3 cm³/mol. The number of hydrogen-bond donors (Lipinski definition) is 0. The minimum atomic E-state index is 0.710. The first-order valence-electron chi connectivity index (χ1n) is 4.49. The summed E-state index contributed by atoms with van der Waals surface area (Å²) < 4.78 is 7.26. The van der Waals surface area contributed by atoms with E-state index in [4.69, 9.17) is 4.42 Å². The van der Waals surface area contributed by atoms with Gasteiger partial charge in [-0.2, -0.15) is 4.57 Å². The van der Waals surface area contributed by atoms with E-state index in [2.05, 4.69) is 4.98 Å². The van der Waals surface area contributed by atoms with Crippen molar-refractivity contribution in [3.05, 3.63) is 24.2 Å². The average Bonchev–Trinajstić information content (AvgIpc) is 2.51. The summed E-state index contributed by atoms with van der Waals surface area (Å²) >= 11 is 0. The highest BCUT2D eigenvalue weighted by Crippen LogP contribution is 2.08. The van der Waals surface area contributed by atoms with Gasteiger partial charge >= 0.3 is 5.71 Å². The molecule has 0 aliphatic heterocycles. The third-order valence-corrected chi connectivity index (χ3v) is 1.63. The van der Waals surface area contributed by atoms with E-state index in [1.54, 1.807) is 0 Å². The van der Waals surface area contributed by atoms with Crippen LogP contribution in [0.5, 0.6) is 0 Å². The highest BCUT2D eigenvalue weighted by atomic mass is 16.4. The number of pyridine rings is 1. The maximum Gasteiger partial charge on any atom is 0.400 e. The second kappa shape index (κ2) is 4.03. The normalized spacial score (nSPS) is 9.54. The molecule has 0 bridgehead atoms. The fraction of sp³-hybridized carbons (Fsp3) is 0.400. The first-order valence-corrected chi connectivity index (χ1v) is 4.49. The zero-order chi connectivity index (χ0) is 9.84. The molecule has 0 aromatic carbocycles. The van der Waals surface area contributed by atoms with Gasteiger partial charge in [0, 0.05) is 13.0 Å². The van der Waals surface area contributed by atoms with E-state index in [9.17, 15) is 0 Å². The van der Waals surface area contributed by atoms with Crippen LogP contribution in [0.3, 0.4) is 0 Å². The molecule has 3 nitrogen and oxygen atoms in total. The molecular formula is C10H15N2O+. The largest absolute Gasteiger partial charge is 0.400 e. The Hall–Kier alpha value is -1.38. The second-order valence-corrected chi connectivity index (χ2v) is 2.54. The van der Waals surface area contributed by atoms with Crippen LogP contribution in [-0.4, -0.2) is 4.98 Å². The lowest BCUT2D eigenvalue weighted by Crippen LogP contribution is -2.27. The van der Waals surface area contributed by atoms with Crippen molar-refractivity contribution in [3.8, 4) is 0 Å². The molecule has 0 fully saturated rings. The summed E-state index contributed by atoms with van der Waals surface area (Å²) in [4.78, 5) is 4.19. The van der Waals surface area contributed by atoms with Crippen molar-refractivity contribution in [2.24, 2.45) is 7.05 Å². The van der Waals surface area contributed by atoms with Crippen LogP contribution in [0, 0.1) is 6.92 Å². The number of aromatic nitrogens is 2. The molecule has 70 valence electrons. The van der Waals surface area contributed by atoms with Gasteiger partial charge in [0.25, 0.3) is 0 Å².